The van der Waals surface area contributed by atoms with Crippen molar-refractivity contribution < 1.29 is 32.2 Å². The number of nitrogens with one attached hydrogen (secondary N) is 1. The van der Waals surface area contributed by atoms with E-state index in [1.807, 2.05) is 56.3 Å². The molecule has 4 rings (SSSR count). The number of hydrogen-bond donors (Lipinski definition) is 1. The predicted octanol–water partition coefficient (Wildman–Crippen LogP) is 4.91. The Morgan fingerprint density at radius 2 is 1.79 bits per heavy atom. The molecule has 0 radical (unpaired) electrons. The summed E-state index contributed by atoms with van der Waals surface area (Å²) in [6.07, 6.45) is 0.295. The van der Waals surface area contributed by atoms with Gasteiger partial charge in [-0.3, -0.25) is 4.79 Å². The first kappa shape index (κ1) is 28.4. The standard InChI is InChI=1S/C30H35NO7S/c1-5-39(33,34)31-11-12-36-26-13-20(2)30(21(3)14-26)23-8-6-7-22(15-23)18-37-25-9-10-27-24(16-29(32)35-4)19-38-28(27)17-25/h6-10,13-15,17,24,31H,5,11-12,16,18-19H2,1-4H3. The Kier molecular flexibility index (Phi) is 9.14. The van der Waals surface area contributed by atoms with E-state index in [2.05, 4.69) is 16.9 Å². The van der Waals surface area contributed by atoms with Gasteiger partial charge in [0.25, 0.3) is 0 Å². The fourth-order valence-electron chi connectivity index (χ4n) is 4.71. The highest BCUT2D eigenvalue weighted by Crippen LogP contribution is 2.38. The third-order valence-corrected chi connectivity index (χ3v) is 8.11. The number of carbonyl (C=O) groups excluding carboxylic acids is 1. The van der Waals surface area contributed by atoms with E-state index in [0.29, 0.717) is 31.1 Å². The third-order valence-electron chi connectivity index (χ3n) is 6.71. The van der Waals surface area contributed by atoms with Crippen LogP contribution in [-0.4, -0.2) is 47.0 Å². The van der Waals surface area contributed by atoms with Crippen LogP contribution in [0.2, 0.25) is 0 Å². The first-order chi connectivity index (χ1) is 18.7. The molecule has 1 heterocycles. The summed E-state index contributed by atoms with van der Waals surface area (Å²) in [4.78, 5) is 11.7. The lowest BCUT2D eigenvalue weighted by molar-refractivity contribution is -0.141. The summed E-state index contributed by atoms with van der Waals surface area (Å²) in [5.41, 5.74) is 6.36. The van der Waals surface area contributed by atoms with E-state index in [1.165, 1.54) is 7.11 Å². The van der Waals surface area contributed by atoms with Crippen molar-refractivity contribution in [3.05, 3.63) is 76.9 Å². The molecule has 3 aromatic rings. The molecule has 0 aromatic heterocycles. The molecular weight excluding hydrogens is 518 g/mol. The highest BCUT2D eigenvalue weighted by Gasteiger charge is 2.27. The molecule has 0 bridgehead atoms. The Hall–Kier alpha value is -3.56. The van der Waals surface area contributed by atoms with Gasteiger partial charge in [0, 0.05) is 24.1 Å². The number of rotatable bonds is 12. The van der Waals surface area contributed by atoms with E-state index in [4.69, 9.17) is 18.9 Å². The first-order valence-corrected chi connectivity index (χ1v) is 14.6. The topological polar surface area (TPSA) is 100 Å². The van der Waals surface area contributed by atoms with Crippen LogP contribution in [0.5, 0.6) is 17.2 Å². The Balaban J connectivity index is 1.39. The first-order valence-electron chi connectivity index (χ1n) is 13.0. The van der Waals surface area contributed by atoms with E-state index in [9.17, 15) is 13.2 Å². The fourth-order valence-corrected chi connectivity index (χ4v) is 5.31. The molecule has 9 heteroatoms. The number of hydrogen-bond acceptors (Lipinski definition) is 7. The van der Waals surface area contributed by atoms with Crippen LogP contribution in [0, 0.1) is 13.8 Å². The second kappa shape index (κ2) is 12.5. The largest absolute Gasteiger partial charge is 0.492 e. The fraction of sp³-hybridized carbons (Fsp3) is 0.367. The summed E-state index contributed by atoms with van der Waals surface area (Å²) < 4.78 is 48.1. The molecule has 1 aliphatic heterocycles. The summed E-state index contributed by atoms with van der Waals surface area (Å²) >= 11 is 0. The van der Waals surface area contributed by atoms with Gasteiger partial charge in [-0.2, -0.15) is 0 Å². The second-order valence-electron chi connectivity index (χ2n) is 9.56. The van der Waals surface area contributed by atoms with Crippen LogP contribution in [0.15, 0.2) is 54.6 Å². The van der Waals surface area contributed by atoms with E-state index in [0.717, 1.165) is 39.1 Å². The van der Waals surface area contributed by atoms with Crippen molar-refractivity contribution in [1.82, 2.24) is 4.72 Å². The van der Waals surface area contributed by atoms with Crippen LogP contribution in [0.1, 0.15) is 41.5 Å². The van der Waals surface area contributed by atoms with E-state index < -0.39 is 10.0 Å². The van der Waals surface area contributed by atoms with Gasteiger partial charge in [-0.25, -0.2) is 13.1 Å². The molecule has 0 spiro atoms. The van der Waals surface area contributed by atoms with Crippen LogP contribution in [0.25, 0.3) is 11.1 Å². The van der Waals surface area contributed by atoms with Crippen molar-refractivity contribution in [2.24, 2.45) is 0 Å². The minimum absolute atomic E-state index is 0.00433. The van der Waals surface area contributed by atoms with Gasteiger partial charge in [-0.05, 0) is 72.9 Å². The van der Waals surface area contributed by atoms with Crippen molar-refractivity contribution in [2.75, 3.05) is 32.6 Å². The van der Waals surface area contributed by atoms with E-state index in [1.54, 1.807) is 6.92 Å². The number of esters is 1. The average Bonchev–Trinajstić information content (AvgIpc) is 3.31. The lowest BCUT2D eigenvalue weighted by Crippen LogP contribution is -2.29. The van der Waals surface area contributed by atoms with Gasteiger partial charge in [0.15, 0.2) is 0 Å². The maximum Gasteiger partial charge on any atom is 0.306 e. The number of benzene rings is 3. The van der Waals surface area contributed by atoms with Crippen molar-refractivity contribution in [2.45, 2.75) is 39.7 Å². The molecule has 0 amide bonds. The van der Waals surface area contributed by atoms with Gasteiger partial charge >= 0.3 is 5.97 Å². The Labute approximate surface area is 230 Å². The van der Waals surface area contributed by atoms with Crippen molar-refractivity contribution >= 4 is 16.0 Å². The zero-order chi connectivity index (χ0) is 28.0. The smallest absolute Gasteiger partial charge is 0.306 e. The molecular formula is C30H35NO7S. The highest BCUT2D eigenvalue weighted by atomic mass is 32.2. The minimum Gasteiger partial charge on any atom is -0.492 e. The Morgan fingerprint density at radius 3 is 2.51 bits per heavy atom. The molecule has 1 atom stereocenters. The molecule has 39 heavy (non-hydrogen) atoms. The highest BCUT2D eigenvalue weighted by molar-refractivity contribution is 7.89. The third kappa shape index (κ3) is 7.30. The van der Waals surface area contributed by atoms with Crippen LogP contribution in [-0.2, 0) is 26.2 Å². The zero-order valence-corrected chi connectivity index (χ0v) is 23.6. The second-order valence-corrected chi connectivity index (χ2v) is 11.7. The van der Waals surface area contributed by atoms with Gasteiger partial charge < -0.3 is 18.9 Å². The van der Waals surface area contributed by atoms with Gasteiger partial charge in [0.05, 0.1) is 25.9 Å². The quantitative estimate of drug-likeness (QED) is 0.251. The number of carbonyl (C=O) groups is 1. The molecule has 0 aliphatic carbocycles. The van der Waals surface area contributed by atoms with Crippen LogP contribution in [0.3, 0.4) is 0 Å². The summed E-state index contributed by atoms with van der Waals surface area (Å²) in [7, 11) is -1.84. The summed E-state index contributed by atoms with van der Waals surface area (Å²) in [5, 5.41) is 0. The normalized spacial score (nSPS) is 14.4. The van der Waals surface area contributed by atoms with Gasteiger partial charge in [0.1, 0.15) is 30.5 Å². The number of ether oxygens (including phenoxy) is 4. The van der Waals surface area contributed by atoms with Crippen molar-refractivity contribution in [3.8, 4) is 28.4 Å². The molecule has 8 nitrogen and oxygen atoms in total. The predicted molar refractivity (Wildman–Crippen MR) is 150 cm³/mol. The Morgan fingerprint density at radius 1 is 1.03 bits per heavy atom. The number of sulfonamides is 1. The van der Waals surface area contributed by atoms with E-state index >= 15 is 0 Å². The van der Waals surface area contributed by atoms with Crippen molar-refractivity contribution in [3.63, 3.8) is 0 Å². The number of methoxy groups -OCH3 is 1. The molecule has 208 valence electrons. The number of aryl methyl sites for hydroxylation is 2. The maximum absolute atomic E-state index is 11.7. The summed E-state index contributed by atoms with van der Waals surface area (Å²) in [5.74, 6) is 1.94. The van der Waals surface area contributed by atoms with Crippen LogP contribution < -0.4 is 18.9 Å². The summed E-state index contributed by atoms with van der Waals surface area (Å²) in [6, 6.07) is 17.9. The van der Waals surface area contributed by atoms with Crippen LogP contribution >= 0.6 is 0 Å². The molecule has 3 aromatic carbocycles. The van der Waals surface area contributed by atoms with Gasteiger partial charge in [-0.15, -0.1) is 0 Å². The van der Waals surface area contributed by atoms with Crippen LogP contribution in [0.4, 0.5) is 0 Å². The number of fused-ring (bicyclic) bond motifs is 1. The average molecular weight is 554 g/mol. The molecule has 1 N–H and O–H groups in total. The molecule has 0 saturated carbocycles. The Bertz CT molecular complexity index is 1410. The molecule has 0 saturated heterocycles. The monoisotopic (exact) mass is 553 g/mol. The van der Waals surface area contributed by atoms with Crippen molar-refractivity contribution in [1.29, 1.82) is 0 Å². The lowest BCUT2D eigenvalue weighted by atomic mass is 9.94. The molecule has 0 fully saturated rings. The molecule has 1 aliphatic rings. The summed E-state index contributed by atoms with van der Waals surface area (Å²) in [6.45, 7) is 7.00. The lowest BCUT2D eigenvalue weighted by Gasteiger charge is -2.15. The van der Waals surface area contributed by atoms with E-state index in [-0.39, 0.29) is 30.8 Å². The maximum atomic E-state index is 11.7. The zero-order valence-electron chi connectivity index (χ0n) is 22.8. The van der Waals surface area contributed by atoms with Gasteiger partial charge in [-0.1, -0.05) is 24.3 Å². The SMILES string of the molecule is CCS(=O)(=O)NCCOc1cc(C)c(-c2cccc(COc3ccc4c(c3)OCC4CC(=O)OC)c2)c(C)c1. The molecule has 1 unspecified atom stereocenters. The van der Waals surface area contributed by atoms with Gasteiger partial charge in [0.2, 0.25) is 10.0 Å². The minimum atomic E-state index is -3.23.